The van der Waals surface area contributed by atoms with Crippen molar-refractivity contribution < 1.29 is 9.53 Å². The minimum Gasteiger partial charge on any atom is -0.444 e. The van der Waals surface area contributed by atoms with E-state index in [0.29, 0.717) is 19.0 Å². The molecular weight excluding hydrogens is 324 g/mol. The summed E-state index contributed by atoms with van der Waals surface area (Å²) in [6.07, 6.45) is -0.255. The number of thiophene rings is 1. The lowest BCUT2D eigenvalue weighted by molar-refractivity contribution is 0.00701. The van der Waals surface area contributed by atoms with Gasteiger partial charge < -0.3 is 20.3 Å². The lowest BCUT2D eigenvalue weighted by atomic mass is 10.1. The standard InChI is InChI=1S/C17H28N4O2S/c1-12(13-6-7-24-11-13)8-19-15(18-5)20-14-9-21(10-14)16(22)23-17(2,3)4/h6-7,11-12,14H,8-10H2,1-5H3,(H2,18,19,20). The third-order valence-corrected chi connectivity index (χ3v) is 4.49. The van der Waals surface area contributed by atoms with E-state index in [2.05, 4.69) is 39.4 Å². The van der Waals surface area contributed by atoms with Crippen LogP contribution in [0.3, 0.4) is 0 Å². The van der Waals surface area contributed by atoms with Gasteiger partial charge in [0.1, 0.15) is 5.60 Å². The normalized spacial score (nSPS) is 17.2. The molecule has 2 N–H and O–H groups in total. The largest absolute Gasteiger partial charge is 0.444 e. The molecule has 1 aliphatic rings. The molecule has 1 aliphatic heterocycles. The van der Waals surface area contributed by atoms with Gasteiger partial charge in [-0.25, -0.2) is 4.79 Å². The molecule has 0 spiro atoms. The number of likely N-dealkylation sites (tertiary alicyclic amines) is 1. The van der Waals surface area contributed by atoms with Gasteiger partial charge >= 0.3 is 6.09 Å². The molecule has 1 aromatic rings. The highest BCUT2D eigenvalue weighted by Crippen LogP contribution is 2.17. The number of rotatable bonds is 4. The summed E-state index contributed by atoms with van der Waals surface area (Å²) in [6, 6.07) is 2.36. The summed E-state index contributed by atoms with van der Waals surface area (Å²) >= 11 is 1.72. The fourth-order valence-corrected chi connectivity index (χ4v) is 3.14. The second kappa shape index (κ2) is 7.88. The fraction of sp³-hybridized carbons (Fsp3) is 0.647. The van der Waals surface area contributed by atoms with Crippen LogP contribution in [0.2, 0.25) is 0 Å². The third kappa shape index (κ3) is 5.40. The number of carbonyl (C=O) groups is 1. The average molecular weight is 353 g/mol. The lowest BCUT2D eigenvalue weighted by Gasteiger charge is -2.40. The Labute approximate surface area is 148 Å². The van der Waals surface area contributed by atoms with E-state index in [-0.39, 0.29) is 12.1 Å². The Morgan fingerprint density at radius 3 is 2.75 bits per heavy atom. The molecule has 1 aromatic heterocycles. The highest BCUT2D eigenvalue weighted by molar-refractivity contribution is 7.07. The number of carbonyl (C=O) groups excluding carboxylic acids is 1. The first-order chi connectivity index (χ1) is 11.3. The molecule has 0 radical (unpaired) electrons. The Kier molecular flexibility index (Phi) is 6.10. The van der Waals surface area contributed by atoms with Crippen LogP contribution in [0, 0.1) is 0 Å². The van der Waals surface area contributed by atoms with Gasteiger partial charge in [0.25, 0.3) is 0 Å². The zero-order valence-electron chi connectivity index (χ0n) is 15.1. The summed E-state index contributed by atoms with van der Waals surface area (Å²) in [6.45, 7) is 9.91. The van der Waals surface area contributed by atoms with Crippen molar-refractivity contribution in [1.82, 2.24) is 15.5 Å². The lowest BCUT2D eigenvalue weighted by Crippen LogP contribution is -2.63. The quantitative estimate of drug-likeness (QED) is 0.646. The van der Waals surface area contributed by atoms with Gasteiger partial charge in [0.15, 0.2) is 5.96 Å². The van der Waals surface area contributed by atoms with Crippen LogP contribution in [0.1, 0.15) is 39.2 Å². The van der Waals surface area contributed by atoms with Gasteiger partial charge in [-0.15, -0.1) is 0 Å². The number of aliphatic imine (C=N–C) groups is 1. The molecule has 2 rings (SSSR count). The van der Waals surface area contributed by atoms with Crippen molar-refractivity contribution in [3.8, 4) is 0 Å². The molecule has 1 unspecified atom stereocenters. The molecule has 7 heteroatoms. The summed E-state index contributed by atoms with van der Waals surface area (Å²) in [4.78, 5) is 17.9. The first-order valence-corrected chi connectivity index (χ1v) is 9.20. The van der Waals surface area contributed by atoms with E-state index in [1.165, 1.54) is 5.56 Å². The molecular formula is C17H28N4O2S. The van der Waals surface area contributed by atoms with Crippen molar-refractivity contribution >= 4 is 23.4 Å². The number of nitrogens with zero attached hydrogens (tertiary/aromatic N) is 2. The molecule has 0 saturated carbocycles. The molecule has 1 amide bonds. The zero-order valence-corrected chi connectivity index (χ0v) is 15.9. The zero-order chi connectivity index (χ0) is 17.7. The number of amides is 1. The van der Waals surface area contributed by atoms with Crippen LogP contribution in [-0.4, -0.2) is 55.3 Å². The maximum absolute atomic E-state index is 11.9. The van der Waals surface area contributed by atoms with E-state index >= 15 is 0 Å². The van der Waals surface area contributed by atoms with Gasteiger partial charge in [0.2, 0.25) is 0 Å². The highest BCUT2D eigenvalue weighted by atomic mass is 32.1. The van der Waals surface area contributed by atoms with E-state index in [4.69, 9.17) is 4.74 Å². The predicted octanol–water partition coefficient (Wildman–Crippen LogP) is 2.64. The van der Waals surface area contributed by atoms with Crippen molar-refractivity contribution in [2.24, 2.45) is 4.99 Å². The van der Waals surface area contributed by atoms with Crippen LogP contribution >= 0.6 is 11.3 Å². The van der Waals surface area contributed by atoms with Crippen LogP contribution < -0.4 is 10.6 Å². The fourth-order valence-electron chi connectivity index (χ4n) is 2.36. The predicted molar refractivity (Wildman–Crippen MR) is 98.8 cm³/mol. The Morgan fingerprint density at radius 2 is 2.21 bits per heavy atom. The Morgan fingerprint density at radius 1 is 1.50 bits per heavy atom. The summed E-state index contributed by atoms with van der Waals surface area (Å²) in [5.74, 6) is 1.19. The monoisotopic (exact) mass is 352 g/mol. The van der Waals surface area contributed by atoms with Gasteiger partial charge in [-0.3, -0.25) is 4.99 Å². The summed E-state index contributed by atoms with van der Waals surface area (Å²) in [5, 5.41) is 11.0. The molecule has 1 atom stereocenters. The third-order valence-electron chi connectivity index (χ3n) is 3.79. The van der Waals surface area contributed by atoms with Gasteiger partial charge in [-0.2, -0.15) is 11.3 Å². The minimum absolute atomic E-state index is 0.208. The van der Waals surface area contributed by atoms with E-state index in [0.717, 1.165) is 12.5 Å². The average Bonchev–Trinajstić information content (AvgIpc) is 2.97. The second-order valence-corrected chi connectivity index (χ2v) is 7.92. The van der Waals surface area contributed by atoms with Crippen LogP contribution in [-0.2, 0) is 4.74 Å². The maximum atomic E-state index is 11.9. The van der Waals surface area contributed by atoms with Crippen LogP contribution in [0.4, 0.5) is 4.79 Å². The number of nitrogens with one attached hydrogen (secondary N) is 2. The van der Waals surface area contributed by atoms with Crippen molar-refractivity contribution in [1.29, 1.82) is 0 Å². The second-order valence-electron chi connectivity index (χ2n) is 7.14. The van der Waals surface area contributed by atoms with E-state index in [1.807, 2.05) is 20.8 Å². The number of ether oxygens (including phenoxy) is 1. The topological polar surface area (TPSA) is 66.0 Å². The molecule has 24 heavy (non-hydrogen) atoms. The Bertz CT molecular complexity index is 560. The maximum Gasteiger partial charge on any atom is 0.410 e. The SMILES string of the molecule is CN=C(NCC(C)c1ccsc1)NC1CN(C(=O)OC(C)(C)C)C1. The molecule has 0 bridgehead atoms. The summed E-state index contributed by atoms with van der Waals surface area (Å²) in [5.41, 5.74) is 0.882. The number of hydrogen-bond acceptors (Lipinski definition) is 4. The van der Waals surface area contributed by atoms with Crippen molar-refractivity contribution in [3.63, 3.8) is 0 Å². The molecule has 6 nitrogen and oxygen atoms in total. The summed E-state index contributed by atoms with van der Waals surface area (Å²) in [7, 11) is 1.76. The highest BCUT2D eigenvalue weighted by Gasteiger charge is 2.34. The van der Waals surface area contributed by atoms with Crippen molar-refractivity contribution in [2.45, 2.75) is 45.3 Å². The summed E-state index contributed by atoms with van der Waals surface area (Å²) < 4.78 is 5.36. The molecule has 1 saturated heterocycles. The smallest absolute Gasteiger partial charge is 0.410 e. The number of guanidine groups is 1. The van der Waals surface area contributed by atoms with Gasteiger partial charge in [-0.05, 0) is 49.1 Å². The van der Waals surface area contributed by atoms with Gasteiger partial charge in [-0.1, -0.05) is 6.92 Å². The van der Waals surface area contributed by atoms with Gasteiger partial charge in [0, 0.05) is 26.7 Å². The first kappa shape index (κ1) is 18.6. The molecule has 2 heterocycles. The van der Waals surface area contributed by atoms with E-state index < -0.39 is 5.60 Å². The van der Waals surface area contributed by atoms with Crippen molar-refractivity contribution in [3.05, 3.63) is 22.4 Å². The Hall–Kier alpha value is -1.76. The molecule has 0 aromatic carbocycles. The molecule has 0 aliphatic carbocycles. The first-order valence-electron chi connectivity index (χ1n) is 8.25. The van der Waals surface area contributed by atoms with Crippen molar-refractivity contribution in [2.75, 3.05) is 26.7 Å². The molecule has 1 fully saturated rings. The Balaban J connectivity index is 1.70. The van der Waals surface area contributed by atoms with Crippen LogP contribution in [0.25, 0.3) is 0 Å². The van der Waals surface area contributed by atoms with E-state index in [1.54, 1.807) is 23.3 Å². The van der Waals surface area contributed by atoms with Crippen LogP contribution in [0.5, 0.6) is 0 Å². The van der Waals surface area contributed by atoms with E-state index in [9.17, 15) is 4.79 Å². The van der Waals surface area contributed by atoms with Crippen LogP contribution in [0.15, 0.2) is 21.8 Å². The molecule has 134 valence electrons. The van der Waals surface area contributed by atoms with Gasteiger partial charge in [0.05, 0.1) is 6.04 Å². The minimum atomic E-state index is -0.453. The number of hydrogen-bond donors (Lipinski definition) is 2.